The van der Waals surface area contributed by atoms with E-state index >= 15 is 0 Å². The van der Waals surface area contributed by atoms with Crippen molar-refractivity contribution in [2.24, 2.45) is 0 Å². The van der Waals surface area contributed by atoms with E-state index < -0.39 is 37.0 Å². The molecule has 3 aromatic rings. The molecule has 152 valence electrons. The average Bonchev–Trinajstić information content (AvgIpc) is 2.64. The molecule has 0 spiro atoms. The molecule has 0 fully saturated rings. The first kappa shape index (κ1) is 22.0. The Morgan fingerprint density at radius 2 is 1.31 bits per heavy atom. The smallest absolute Gasteiger partial charge is 0.283 e. The van der Waals surface area contributed by atoms with E-state index in [9.17, 15) is 23.2 Å². The van der Waals surface area contributed by atoms with Crippen molar-refractivity contribution in [2.45, 2.75) is 4.75 Å². The van der Waals surface area contributed by atoms with Crippen LogP contribution in [0.1, 0.15) is 16.7 Å². The lowest BCUT2D eigenvalue weighted by atomic mass is 9.83. The van der Waals surface area contributed by atoms with Gasteiger partial charge in [0.05, 0.1) is 10.0 Å². The van der Waals surface area contributed by atoms with Crippen molar-refractivity contribution in [3.8, 4) is 11.5 Å². The Kier molecular flexibility index (Phi) is 5.98. The van der Waals surface area contributed by atoms with E-state index in [1.807, 2.05) is 0 Å². The van der Waals surface area contributed by atoms with E-state index in [1.165, 1.54) is 42.5 Å². The third-order valence-corrected chi connectivity index (χ3v) is 7.18. The van der Waals surface area contributed by atoms with Crippen molar-refractivity contribution in [1.29, 1.82) is 0 Å². The summed E-state index contributed by atoms with van der Waals surface area (Å²) in [4.78, 5) is 0. The monoisotopic (exact) mass is 492 g/mol. The summed E-state index contributed by atoms with van der Waals surface area (Å²) >= 11 is 24.9. The van der Waals surface area contributed by atoms with Crippen LogP contribution in [0.15, 0.2) is 54.6 Å². The number of halogens is 4. The summed E-state index contributed by atoms with van der Waals surface area (Å²) in [5, 5.41) is 19.9. The van der Waals surface area contributed by atoms with Crippen LogP contribution < -0.4 is 0 Å². The summed E-state index contributed by atoms with van der Waals surface area (Å²) in [6.45, 7) is 0. The molecule has 0 bridgehead atoms. The first-order valence-corrected chi connectivity index (χ1v) is 10.9. The largest absolute Gasteiger partial charge is 0.506 e. The number of para-hydroxylation sites is 1. The van der Waals surface area contributed by atoms with Crippen LogP contribution in [0.2, 0.25) is 20.1 Å². The molecule has 10 heteroatoms. The predicted molar refractivity (Wildman–Crippen MR) is 114 cm³/mol. The molecule has 3 N–H and O–H groups in total. The van der Waals surface area contributed by atoms with Gasteiger partial charge in [0.2, 0.25) is 0 Å². The molecule has 1 atom stereocenters. The molecule has 3 aromatic carbocycles. The van der Waals surface area contributed by atoms with E-state index in [4.69, 9.17) is 46.4 Å². The number of hydrogen-bond donors (Lipinski definition) is 3. The van der Waals surface area contributed by atoms with E-state index in [1.54, 1.807) is 6.07 Å². The van der Waals surface area contributed by atoms with Crippen molar-refractivity contribution in [3.05, 3.63) is 91.4 Å². The fourth-order valence-electron chi connectivity index (χ4n) is 3.23. The Morgan fingerprint density at radius 1 is 0.724 bits per heavy atom. The third kappa shape index (κ3) is 3.44. The molecule has 29 heavy (non-hydrogen) atoms. The molecule has 0 aliphatic carbocycles. The standard InChI is InChI=1S/C19H12Cl4O5S/c20-12-6-2-1-4-10(12)19(29(26,27)28,11-5-3-7-14(22)18(11)25)16-13(21)8-9-15(24)17(16)23/h1-9,24-25H,(H,26,27,28). The summed E-state index contributed by atoms with van der Waals surface area (Å²) in [6, 6.07) is 12.0. The molecule has 1 unspecified atom stereocenters. The van der Waals surface area contributed by atoms with Crippen LogP contribution in [-0.4, -0.2) is 23.2 Å². The Bertz CT molecular complexity index is 1210. The highest BCUT2D eigenvalue weighted by atomic mass is 35.5. The second-order valence-corrected chi connectivity index (χ2v) is 9.19. The zero-order valence-electron chi connectivity index (χ0n) is 14.3. The quantitative estimate of drug-likeness (QED) is 0.311. The highest BCUT2D eigenvalue weighted by molar-refractivity contribution is 7.87. The van der Waals surface area contributed by atoms with Crippen LogP contribution in [0.25, 0.3) is 0 Å². The van der Waals surface area contributed by atoms with Crippen molar-refractivity contribution in [3.63, 3.8) is 0 Å². The molecule has 5 nitrogen and oxygen atoms in total. The maximum absolute atomic E-state index is 13.0. The minimum Gasteiger partial charge on any atom is -0.506 e. The van der Waals surface area contributed by atoms with Crippen molar-refractivity contribution in [2.75, 3.05) is 0 Å². The van der Waals surface area contributed by atoms with Gasteiger partial charge >= 0.3 is 0 Å². The molecule has 0 aliphatic rings. The fraction of sp³-hybridized carbons (Fsp3) is 0.0526. The lowest BCUT2D eigenvalue weighted by Gasteiger charge is -2.35. The first-order valence-electron chi connectivity index (χ1n) is 7.91. The van der Waals surface area contributed by atoms with Gasteiger partial charge in [0.25, 0.3) is 10.1 Å². The molecule has 0 aromatic heterocycles. The van der Waals surface area contributed by atoms with Gasteiger partial charge in [-0.25, -0.2) is 0 Å². The summed E-state index contributed by atoms with van der Waals surface area (Å²) < 4.78 is 34.0. The highest BCUT2D eigenvalue weighted by Gasteiger charge is 2.54. The highest BCUT2D eigenvalue weighted by Crippen LogP contribution is 2.55. The van der Waals surface area contributed by atoms with Gasteiger partial charge in [0.15, 0.2) is 4.75 Å². The summed E-state index contributed by atoms with van der Waals surface area (Å²) in [5.41, 5.74) is -0.903. The lowest BCUT2D eigenvalue weighted by molar-refractivity contribution is 0.439. The average molecular weight is 494 g/mol. The van der Waals surface area contributed by atoms with E-state index in [0.717, 1.165) is 6.07 Å². The van der Waals surface area contributed by atoms with Gasteiger partial charge < -0.3 is 10.2 Å². The molecule has 3 rings (SSSR count). The van der Waals surface area contributed by atoms with Gasteiger partial charge in [0, 0.05) is 26.7 Å². The number of phenolic OH excluding ortho intramolecular Hbond substituents is 2. The zero-order valence-corrected chi connectivity index (χ0v) is 18.1. The van der Waals surface area contributed by atoms with Gasteiger partial charge in [-0.1, -0.05) is 76.7 Å². The van der Waals surface area contributed by atoms with Crippen LogP contribution in [-0.2, 0) is 14.9 Å². The molecular weight excluding hydrogens is 482 g/mol. The van der Waals surface area contributed by atoms with Crippen LogP contribution in [0.3, 0.4) is 0 Å². The minimum absolute atomic E-state index is 0.0695. The minimum atomic E-state index is -5.19. The Balaban J connectivity index is 2.71. The third-order valence-electron chi connectivity index (χ3n) is 4.43. The Hall–Kier alpha value is -1.67. The van der Waals surface area contributed by atoms with Crippen LogP contribution in [0, 0.1) is 0 Å². The van der Waals surface area contributed by atoms with Crippen LogP contribution >= 0.6 is 46.4 Å². The topological polar surface area (TPSA) is 94.8 Å². The van der Waals surface area contributed by atoms with Crippen LogP contribution in [0.5, 0.6) is 11.5 Å². The normalized spacial score (nSPS) is 13.8. The molecule has 0 saturated carbocycles. The van der Waals surface area contributed by atoms with Gasteiger partial charge in [-0.15, -0.1) is 0 Å². The molecule has 0 amide bonds. The van der Waals surface area contributed by atoms with Gasteiger partial charge in [-0.05, 0) is 24.3 Å². The lowest BCUT2D eigenvalue weighted by Crippen LogP contribution is -2.39. The van der Waals surface area contributed by atoms with Crippen molar-refractivity contribution in [1.82, 2.24) is 0 Å². The molecular formula is C19H12Cl4O5S. The maximum Gasteiger partial charge on any atom is 0.283 e. The second-order valence-electron chi connectivity index (χ2n) is 6.03. The first-order chi connectivity index (χ1) is 13.5. The SMILES string of the molecule is O=S(=O)(O)C(c1ccccc1Cl)(c1cccc(Cl)c1O)c1c(Cl)ccc(O)c1Cl. The number of aromatic hydroxyl groups is 2. The van der Waals surface area contributed by atoms with Crippen molar-refractivity contribution >= 4 is 56.5 Å². The molecule has 0 heterocycles. The summed E-state index contributed by atoms with van der Waals surface area (Å²) in [5.74, 6) is -1.13. The fourth-order valence-corrected chi connectivity index (χ4v) is 5.87. The number of benzene rings is 3. The van der Waals surface area contributed by atoms with Crippen LogP contribution in [0.4, 0.5) is 0 Å². The molecule has 0 radical (unpaired) electrons. The Labute approximate surface area is 186 Å². The van der Waals surface area contributed by atoms with Gasteiger partial charge in [0.1, 0.15) is 11.5 Å². The number of phenols is 2. The van der Waals surface area contributed by atoms with E-state index in [2.05, 4.69) is 0 Å². The zero-order chi connectivity index (χ0) is 21.6. The number of rotatable bonds is 4. The summed E-state index contributed by atoms with van der Waals surface area (Å²) in [7, 11) is -5.19. The maximum atomic E-state index is 13.0. The molecule has 0 saturated heterocycles. The van der Waals surface area contributed by atoms with E-state index in [-0.39, 0.29) is 26.2 Å². The van der Waals surface area contributed by atoms with E-state index in [0.29, 0.717) is 0 Å². The van der Waals surface area contributed by atoms with Crippen molar-refractivity contribution < 1.29 is 23.2 Å². The Morgan fingerprint density at radius 3 is 1.93 bits per heavy atom. The molecule has 0 aliphatic heterocycles. The number of hydrogen-bond acceptors (Lipinski definition) is 4. The predicted octanol–water partition coefficient (Wildman–Crippen LogP) is 5.89. The van der Waals surface area contributed by atoms with Gasteiger partial charge in [-0.2, -0.15) is 8.42 Å². The van der Waals surface area contributed by atoms with Gasteiger partial charge in [-0.3, -0.25) is 4.55 Å². The summed E-state index contributed by atoms with van der Waals surface area (Å²) in [6.07, 6.45) is 0. The second kappa shape index (κ2) is 7.87.